The van der Waals surface area contributed by atoms with Crippen molar-refractivity contribution in [2.24, 2.45) is 0 Å². The summed E-state index contributed by atoms with van der Waals surface area (Å²) < 4.78 is 0. The maximum absolute atomic E-state index is 5.36. The molecule has 13 heavy (non-hydrogen) atoms. The highest BCUT2D eigenvalue weighted by Gasteiger charge is 1.77. The molecule has 0 saturated heterocycles. The van der Waals surface area contributed by atoms with Crippen molar-refractivity contribution >= 4 is 14.5 Å². The van der Waals surface area contributed by atoms with Crippen molar-refractivity contribution in [1.82, 2.24) is 0 Å². The molecule has 1 aromatic carbocycles. The normalized spacial score (nSPS) is 7.92. The van der Waals surface area contributed by atoms with Gasteiger partial charge in [-0.2, -0.15) is 0 Å². The highest BCUT2D eigenvalue weighted by atomic mass is 28.3. The molecule has 0 aliphatic rings. The van der Waals surface area contributed by atoms with E-state index in [1.54, 1.807) is 0 Å². The third-order valence-corrected chi connectivity index (χ3v) is 2.21. The van der Waals surface area contributed by atoms with Crippen LogP contribution in [0.4, 0.5) is 5.69 Å². The molecule has 0 amide bonds. The number of benzene rings is 1. The summed E-state index contributed by atoms with van der Waals surface area (Å²) >= 11 is 0. The third-order valence-electron chi connectivity index (χ3n) is 1.27. The maximum atomic E-state index is 5.36. The first-order valence-electron chi connectivity index (χ1n) is 4.10. The van der Waals surface area contributed by atoms with Crippen LogP contribution in [0.1, 0.15) is 0 Å². The minimum Gasteiger partial charge on any atom is -0.412 e. The number of para-hydroxylation sites is 1. The quantitative estimate of drug-likeness (QED) is 0.540. The summed E-state index contributed by atoms with van der Waals surface area (Å²) in [6.45, 7) is 8.11. The minimum absolute atomic E-state index is 0. The molecule has 0 fully saturated rings. The molecule has 0 heterocycles. The average molecular weight is 197 g/mol. The van der Waals surface area contributed by atoms with E-state index in [9.17, 15) is 0 Å². The second-order valence-electron chi connectivity index (χ2n) is 2.89. The Balaban J connectivity index is 0. The minimum atomic E-state index is -0.386. The Morgan fingerprint density at radius 3 is 1.77 bits per heavy atom. The van der Waals surface area contributed by atoms with Crippen LogP contribution < -0.4 is 5.73 Å². The van der Waals surface area contributed by atoms with Crippen LogP contribution in [-0.2, 0) is 0 Å². The molecule has 2 nitrogen and oxygen atoms in total. The molecule has 0 atom stereocenters. The number of rotatable bonds is 1. The number of hydrogen-bond donors (Lipinski definition) is 1. The van der Waals surface area contributed by atoms with Gasteiger partial charge in [-0.1, -0.05) is 31.3 Å². The molecule has 0 aliphatic heterocycles. The molecule has 1 rings (SSSR count). The van der Waals surface area contributed by atoms with Crippen LogP contribution in [0.5, 0.6) is 0 Å². The van der Waals surface area contributed by atoms with Gasteiger partial charge in [-0.25, -0.2) is 0 Å². The molecule has 0 aromatic heterocycles. The first-order valence-corrected chi connectivity index (χ1v) is 7.07. The largest absolute Gasteiger partial charge is 0.412 e. The smallest absolute Gasteiger partial charge is 0.0546 e. The zero-order valence-electron chi connectivity index (χ0n) is 8.33. The fourth-order valence-electron chi connectivity index (χ4n) is 0.453. The Labute approximate surface area is 82.0 Å². The van der Waals surface area contributed by atoms with Crippen molar-refractivity contribution in [2.75, 3.05) is 5.73 Å². The van der Waals surface area contributed by atoms with Gasteiger partial charge < -0.3 is 11.2 Å². The van der Waals surface area contributed by atoms with E-state index >= 15 is 0 Å². The molecule has 74 valence electrons. The molecule has 0 spiro atoms. The Kier molecular flexibility index (Phi) is 10.0. The third kappa shape index (κ3) is 10.9. The summed E-state index contributed by atoms with van der Waals surface area (Å²) in [5.74, 6) is 0. The van der Waals surface area contributed by atoms with Crippen molar-refractivity contribution in [1.29, 1.82) is 0 Å². The summed E-state index contributed by atoms with van der Waals surface area (Å²) in [4.78, 5) is 0. The van der Waals surface area contributed by atoms with Gasteiger partial charge in [-0.05, 0) is 12.1 Å². The number of nitrogen functional groups attached to an aromatic ring is 1. The lowest BCUT2D eigenvalue weighted by Crippen LogP contribution is -1.89. The highest BCUT2D eigenvalue weighted by molar-refractivity contribution is 6.61. The Morgan fingerprint density at radius 1 is 1.23 bits per heavy atom. The van der Waals surface area contributed by atoms with E-state index in [4.69, 9.17) is 5.73 Å². The zero-order chi connectivity index (χ0) is 9.40. The first kappa shape index (κ1) is 14.5. The Morgan fingerprint density at radius 2 is 1.62 bits per heavy atom. The highest BCUT2D eigenvalue weighted by Crippen LogP contribution is 1.95. The average Bonchev–Trinajstić information content (AvgIpc) is 2.07. The van der Waals surface area contributed by atoms with E-state index in [1.165, 1.54) is 0 Å². The second kappa shape index (κ2) is 9.03. The van der Waals surface area contributed by atoms with Crippen molar-refractivity contribution < 1.29 is 5.48 Å². The van der Waals surface area contributed by atoms with Gasteiger partial charge in [0.05, 0.1) is 8.80 Å². The summed E-state index contributed by atoms with van der Waals surface area (Å²) in [7, 11) is -0.386. The van der Waals surface area contributed by atoms with Crippen LogP contribution in [0.25, 0.3) is 0 Å². The van der Waals surface area contributed by atoms with Crippen LogP contribution in [0.2, 0.25) is 13.1 Å². The summed E-state index contributed by atoms with van der Waals surface area (Å²) in [5.41, 5.74) is 8.24. The molecule has 3 heteroatoms. The summed E-state index contributed by atoms with van der Waals surface area (Å²) in [6, 6.07) is 9.49. The van der Waals surface area contributed by atoms with Crippen molar-refractivity contribution in [3.05, 3.63) is 42.6 Å². The monoisotopic (exact) mass is 197 g/mol. The van der Waals surface area contributed by atoms with Crippen LogP contribution in [0.15, 0.2) is 42.6 Å². The van der Waals surface area contributed by atoms with Crippen molar-refractivity contribution in [2.45, 2.75) is 13.1 Å². The van der Waals surface area contributed by atoms with Gasteiger partial charge >= 0.3 is 0 Å². The standard InChI is InChI=1S/C6H7N.C4H10Si.H2O/c7-6-4-2-1-3-5-6;1-4-5(2)3;/h1-5H,7H2;4-5H,1H2,2-3H3;1H2. The van der Waals surface area contributed by atoms with Crippen molar-refractivity contribution in [3.8, 4) is 0 Å². The lowest BCUT2D eigenvalue weighted by atomic mass is 10.3. The molecule has 0 bridgehead atoms. The molecule has 0 saturated carbocycles. The van der Waals surface area contributed by atoms with E-state index in [0.717, 1.165) is 5.69 Å². The number of anilines is 1. The second-order valence-corrected chi connectivity index (χ2v) is 5.85. The van der Waals surface area contributed by atoms with Gasteiger partial charge in [-0.15, -0.1) is 12.3 Å². The molecule has 4 N–H and O–H groups in total. The maximum Gasteiger partial charge on any atom is 0.0546 e. The van der Waals surface area contributed by atoms with E-state index < -0.39 is 0 Å². The zero-order valence-corrected chi connectivity index (χ0v) is 9.48. The van der Waals surface area contributed by atoms with Crippen LogP contribution >= 0.6 is 0 Å². The predicted octanol–water partition coefficient (Wildman–Crippen LogP) is 1.64. The molecular formula is C10H19NOSi. The Hall–Kier alpha value is -1.06. The predicted molar refractivity (Wildman–Crippen MR) is 63.5 cm³/mol. The van der Waals surface area contributed by atoms with E-state index in [-0.39, 0.29) is 14.3 Å². The van der Waals surface area contributed by atoms with Gasteiger partial charge in [0, 0.05) is 5.69 Å². The molecule has 0 radical (unpaired) electrons. The fraction of sp³-hybridized carbons (Fsp3) is 0.200. The van der Waals surface area contributed by atoms with Gasteiger partial charge in [-0.3, -0.25) is 0 Å². The van der Waals surface area contributed by atoms with Gasteiger partial charge in [0.15, 0.2) is 0 Å². The van der Waals surface area contributed by atoms with Crippen LogP contribution in [0.3, 0.4) is 0 Å². The SMILES string of the molecule is C=C[SiH](C)C.Nc1ccccc1.O. The van der Waals surface area contributed by atoms with E-state index in [0.29, 0.717) is 0 Å². The van der Waals surface area contributed by atoms with Gasteiger partial charge in [0.25, 0.3) is 0 Å². The van der Waals surface area contributed by atoms with Gasteiger partial charge in [0.1, 0.15) is 0 Å². The van der Waals surface area contributed by atoms with E-state index in [1.807, 2.05) is 30.3 Å². The fourth-order valence-corrected chi connectivity index (χ4v) is 0.453. The summed E-state index contributed by atoms with van der Waals surface area (Å²) in [5, 5.41) is 0. The Bertz CT molecular complexity index is 211. The summed E-state index contributed by atoms with van der Waals surface area (Å²) in [6.07, 6.45) is 0. The number of hydrogen-bond acceptors (Lipinski definition) is 1. The van der Waals surface area contributed by atoms with Crippen molar-refractivity contribution in [3.63, 3.8) is 0 Å². The number of nitrogens with two attached hydrogens (primary N) is 1. The lowest BCUT2D eigenvalue weighted by molar-refractivity contribution is 0.824. The molecule has 0 unspecified atom stereocenters. The molecular weight excluding hydrogens is 178 g/mol. The van der Waals surface area contributed by atoms with E-state index in [2.05, 4.69) is 25.4 Å². The molecule has 1 aromatic rings. The van der Waals surface area contributed by atoms with Crippen LogP contribution in [-0.4, -0.2) is 14.3 Å². The molecule has 0 aliphatic carbocycles. The van der Waals surface area contributed by atoms with Crippen LogP contribution in [0, 0.1) is 0 Å². The first-order chi connectivity index (χ1) is 5.66. The van der Waals surface area contributed by atoms with Gasteiger partial charge in [0.2, 0.25) is 0 Å². The lowest BCUT2D eigenvalue weighted by Gasteiger charge is -1.83. The topological polar surface area (TPSA) is 57.5 Å².